The number of para-hydroxylation sites is 4. The fourth-order valence-electron chi connectivity index (χ4n) is 10.5. The van der Waals surface area contributed by atoms with Crippen molar-refractivity contribution in [1.82, 2.24) is 8.80 Å². The molecule has 294 valence electrons. The van der Waals surface area contributed by atoms with E-state index in [0.717, 1.165) is 47.0 Å². The average molecular weight is 795 g/mol. The van der Waals surface area contributed by atoms with E-state index in [9.17, 15) is 0 Å². The number of aryl methyl sites for hydroxylation is 2. The molecule has 62 heavy (non-hydrogen) atoms. The van der Waals surface area contributed by atoms with E-state index >= 15 is 0 Å². The highest BCUT2D eigenvalue weighted by Gasteiger charge is 2.24. The maximum absolute atomic E-state index is 2.54. The molecule has 0 spiro atoms. The molecule has 0 saturated carbocycles. The van der Waals surface area contributed by atoms with Crippen LogP contribution in [0.3, 0.4) is 0 Å². The Labute approximate surface area is 359 Å². The molecule has 9 aromatic carbocycles. The number of rotatable bonds is 8. The SMILES string of the molecule is CCc1ccc(N(c2ccccc2)c2ccc3c4cccc5c6cc7c(cc6n(c3c2)c45)c2cccc3c4ccc(N(c5ccccc5)c5ccc(CC)cc5)cc4n7c32)cc1. The van der Waals surface area contributed by atoms with Crippen LogP contribution in [0.4, 0.5) is 34.1 Å². The third kappa shape index (κ3) is 4.95. The van der Waals surface area contributed by atoms with E-state index in [1.165, 1.54) is 87.3 Å². The fraction of sp³-hybridized carbons (Fsp3) is 0.0690. The monoisotopic (exact) mass is 794 g/mol. The lowest BCUT2D eigenvalue weighted by Crippen LogP contribution is -2.09. The summed E-state index contributed by atoms with van der Waals surface area (Å²) < 4.78 is 5.07. The minimum absolute atomic E-state index is 1.02. The zero-order chi connectivity index (χ0) is 41.1. The van der Waals surface area contributed by atoms with E-state index < -0.39 is 0 Å². The molecule has 0 bridgehead atoms. The predicted octanol–water partition coefficient (Wildman–Crippen LogP) is 16.1. The first-order valence-electron chi connectivity index (χ1n) is 21.9. The van der Waals surface area contributed by atoms with Gasteiger partial charge in [-0.3, -0.25) is 0 Å². The van der Waals surface area contributed by atoms with E-state index in [4.69, 9.17) is 0 Å². The van der Waals surface area contributed by atoms with Crippen LogP contribution >= 0.6 is 0 Å². The van der Waals surface area contributed by atoms with Crippen molar-refractivity contribution < 1.29 is 0 Å². The van der Waals surface area contributed by atoms with Gasteiger partial charge in [0.15, 0.2) is 0 Å². The quantitative estimate of drug-likeness (QED) is 0.152. The number of nitrogens with zero attached hydrogens (tertiary/aromatic N) is 4. The van der Waals surface area contributed by atoms with Crippen molar-refractivity contribution in [3.8, 4) is 0 Å². The standard InChI is InChI=1S/C58H42N4/c1-3-37-21-25-41(26-22-37)59(39-13-7-5-8-14-39)43-29-31-45-47-17-11-19-49-51-36-56-52(35-55(51)61(57(47)49)53(45)33-43)50-20-12-18-48-46-32-30-44(34-54(46)62(56)58(48)50)60(40-15-9-6-10-16-40)42-27-23-38(4-2)24-28-42/h5-36H,3-4H2,1-2H3. The van der Waals surface area contributed by atoms with Gasteiger partial charge in [0.1, 0.15) is 0 Å². The lowest BCUT2D eigenvalue weighted by molar-refractivity contribution is 1.14. The third-order valence-corrected chi connectivity index (χ3v) is 13.5. The van der Waals surface area contributed by atoms with Crippen LogP contribution in [0.25, 0.3) is 76.2 Å². The van der Waals surface area contributed by atoms with Crippen LogP contribution in [0.1, 0.15) is 25.0 Å². The Morgan fingerprint density at radius 3 is 1.02 bits per heavy atom. The van der Waals surface area contributed by atoms with Crippen LogP contribution in [0.5, 0.6) is 0 Å². The Balaban J connectivity index is 1.06. The summed E-state index contributed by atoms with van der Waals surface area (Å²) in [4.78, 5) is 4.77. The molecule has 0 radical (unpaired) electrons. The highest BCUT2D eigenvalue weighted by Crippen LogP contribution is 2.47. The fourth-order valence-corrected chi connectivity index (χ4v) is 10.5. The molecular formula is C58H42N4. The predicted molar refractivity (Wildman–Crippen MR) is 264 cm³/mol. The molecule has 0 aliphatic heterocycles. The molecule has 0 N–H and O–H groups in total. The Hall–Kier alpha value is -7.82. The van der Waals surface area contributed by atoms with Gasteiger partial charge in [-0.25, -0.2) is 0 Å². The second kappa shape index (κ2) is 13.3. The van der Waals surface area contributed by atoms with Gasteiger partial charge < -0.3 is 18.6 Å². The molecule has 4 heteroatoms. The first-order chi connectivity index (χ1) is 30.7. The molecule has 4 heterocycles. The highest BCUT2D eigenvalue weighted by molar-refractivity contribution is 6.29. The van der Waals surface area contributed by atoms with Gasteiger partial charge in [-0.2, -0.15) is 0 Å². The Kier molecular flexibility index (Phi) is 7.53. The average Bonchev–Trinajstić information content (AvgIpc) is 4.05. The van der Waals surface area contributed by atoms with E-state index in [1.54, 1.807) is 0 Å². The van der Waals surface area contributed by atoms with Gasteiger partial charge in [-0.05, 0) is 109 Å². The van der Waals surface area contributed by atoms with Crippen molar-refractivity contribution >= 4 is 110 Å². The van der Waals surface area contributed by atoms with E-state index in [1.807, 2.05) is 0 Å². The Morgan fingerprint density at radius 1 is 0.290 bits per heavy atom. The summed E-state index contributed by atoms with van der Waals surface area (Å²) in [5.74, 6) is 0. The van der Waals surface area contributed by atoms with Crippen LogP contribution in [0, 0.1) is 0 Å². The lowest BCUT2D eigenvalue weighted by Gasteiger charge is -2.25. The van der Waals surface area contributed by atoms with Gasteiger partial charge >= 0.3 is 0 Å². The summed E-state index contributed by atoms with van der Waals surface area (Å²) in [6.45, 7) is 4.42. The number of hydrogen-bond donors (Lipinski definition) is 0. The van der Waals surface area contributed by atoms with E-state index in [2.05, 4.69) is 227 Å². The van der Waals surface area contributed by atoms with Crippen molar-refractivity contribution in [1.29, 1.82) is 0 Å². The van der Waals surface area contributed by atoms with Gasteiger partial charge in [0.25, 0.3) is 0 Å². The van der Waals surface area contributed by atoms with Gasteiger partial charge in [-0.15, -0.1) is 0 Å². The minimum Gasteiger partial charge on any atom is -0.310 e. The molecule has 0 aliphatic carbocycles. The van der Waals surface area contributed by atoms with Gasteiger partial charge in [0, 0.05) is 77.2 Å². The van der Waals surface area contributed by atoms with Gasteiger partial charge in [-0.1, -0.05) is 123 Å². The van der Waals surface area contributed by atoms with Crippen molar-refractivity contribution in [2.45, 2.75) is 26.7 Å². The van der Waals surface area contributed by atoms with Gasteiger partial charge in [0.05, 0.1) is 33.1 Å². The summed E-state index contributed by atoms with van der Waals surface area (Å²) in [6, 6.07) is 72.2. The third-order valence-electron chi connectivity index (χ3n) is 13.5. The largest absolute Gasteiger partial charge is 0.310 e. The van der Waals surface area contributed by atoms with Crippen molar-refractivity contribution in [2.75, 3.05) is 9.80 Å². The molecule has 13 aromatic rings. The molecule has 0 atom stereocenters. The maximum Gasteiger partial charge on any atom is 0.0620 e. The second-order valence-electron chi connectivity index (χ2n) is 16.7. The Bertz CT molecular complexity index is 3550. The summed E-state index contributed by atoms with van der Waals surface area (Å²) in [6.07, 6.45) is 2.03. The number of fused-ring (bicyclic) bond motifs is 12. The second-order valence-corrected chi connectivity index (χ2v) is 16.7. The molecule has 0 aliphatic rings. The zero-order valence-electron chi connectivity index (χ0n) is 34.7. The summed E-state index contributed by atoms with van der Waals surface area (Å²) >= 11 is 0. The van der Waals surface area contributed by atoms with Crippen LogP contribution in [0.15, 0.2) is 194 Å². The first-order valence-corrected chi connectivity index (χ1v) is 21.9. The van der Waals surface area contributed by atoms with Gasteiger partial charge in [0.2, 0.25) is 0 Å². The number of anilines is 6. The van der Waals surface area contributed by atoms with Crippen molar-refractivity contribution in [2.24, 2.45) is 0 Å². The van der Waals surface area contributed by atoms with Crippen LogP contribution in [-0.4, -0.2) is 8.80 Å². The molecule has 0 saturated heterocycles. The smallest absolute Gasteiger partial charge is 0.0620 e. The molecule has 0 unspecified atom stereocenters. The molecule has 0 amide bonds. The molecular weight excluding hydrogens is 753 g/mol. The molecule has 13 rings (SSSR count). The first kappa shape index (κ1) is 35.0. The summed E-state index contributed by atoms with van der Waals surface area (Å²) in [5, 5.41) is 10.2. The minimum atomic E-state index is 1.02. The number of aromatic nitrogens is 2. The van der Waals surface area contributed by atoms with Crippen LogP contribution < -0.4 is 9.80 Å². The number of benzene rings is 9. The topological polar surface area (TPSA) is 15.3 Å². The molecule has 0 fully saturated rings. The van der Waals surface area contributed by atoms with Crippen LogP contribution in [0.2, 0.25) is 0 Å². The highest BCUT2D eigenvalue weighted by atomic mass is 15.1. The molecule has 4 aromatic heterocycles. The van der Waals surface area contributed by atoms with Crippen LogP contribution in [-0.2, 0) is 12.8 Å². The van der Waals surface area contributed by atoms with Crippen molar-refractivity contribution in [3.63, 3.8) is 0 Å². The van der Waals surface area contributed by atoms with E-state index in [-0.39, 0.29) is 0 Å². The van der Waals surface area contributed by atoms with E-state index in [0.29, 0.717) is 0 Å². The maximum atomic E-state index is 2.54. The summed E-state index contributed by atoms with van der Waals surface area (Å²) in [7, 11) is 0. The molecule has 4 nitrogen and oxygen atoms in total. The Morgan fingerprint density at radius 2 is 0.629 bits per heavy atom. The zero-order valence-corrected chi connectivity index (χ0v) is 34.7. The number of hydrogen-bond acceptors (Lipinski definition) is 2. The van der Waals surface area contributed by atoms with Crippen molar-refractivity contribution in [3.05, 3.63) is 205 Å². The summed E-state index contributed by atoms with van der Waals surface area (Å²) in [5.41, 5.74) is 17.0. The lowest BCUT2D eigenvalue weighted by atomic mass is 10.0. The normalized spacial score (nSPS) is 12.2.